The van der Waals surface area contributed by atoms with E-state index in [1.165, 1.54) is 75.6 Å². The Morgan fingerprint density at radius 3 is 1.71 bits per heavy atom. The summed E-state index contributed by atoms with van der Waals surface area (Å²) in [5.41, 5.74) is 7.32. The molecule has 0 saturated heterocycles. The maximum absolute atomic E-state index is 3.98. The van der Waals surface area contributed by atoms with Crippen LogP contribution in [-0.2, 0) is 49.9 Å². The van der Waals surface area contributed by atoms with Gasteiger partial charge in [-0.2, -0.15) is 46.5 Å². The zero-order valence-electron chi connectivity index (χ0n) is 16.9. The summed E-state index contributed by atoms with van der Waals surface area (Å²) in [4.78, 5) is 3.98. The molecule has 0 fully saturated rings. The monoisotopic (exact) mass is 447 g/mol. The van der Waals surface area contributed by atoms with E-state index in [9.17, 15) is 0 Å². The van der Waals surface area contributed by atoms with E-state index in [1.807, 2.05) is 18.2 Å². The van der Waals surface area contributed by atoms with E-state index in [0.29, 0.717) is 0 Å². The van der Waals surface area contributed by atoms with Crippen LogP contribution in [0.4, 0.5) is 0 Å². The van der Waals surface area contributed by atoms with Gasteiger partial charge >= 0.3 is 28.4 Å². The zero-order valence-corrected chi connectivity index (χ0v) is 19.3. The summed E-state index contributed by atoms with van der Waals surface area (Å²) in [6.07, 6.45) is 14.4. The van der Waals surface area contributed by atoms with Crippen LogP contribution in [0.1, 0.15) is 53.6 Å². The molecule has 1 heterocycles. The van der Waals surface area contributed by atoms with E-state index in [-0.39, 0.29) is 0 Å². The Hall–Kier alpha value is -1.66. The molecule has 0 amide bonds. The van der Waals surface area contributed by atoms with Crippen molar-refractivity contribution >= 4 is 10.3 Å². The molecule has 1 nitrogen and oxygen atoms in total. The predicted octanol–water partition coefficient (Wildman–Crippen LogP) is 6.26. The first kappa shape index (κ1) is 22.6. The third-order valence-corrected chi connectivity index (χ3v) is 5.20. The van der Waals surface area contributed by atoms with Crippen molar-refractivity contribution in [2.75, 3.05) is 0 Å². The molecule has 2 aromatic carbocycles. The Kier molecular flexibility index (Phi) is 10.9. The number of fused-ring (bicyclic) bond motifs is 2. The molecule has 3 aromatic rings. The van der Waals surface area contributed by atoms with Gasteiger partial charge in [0.25, 0.3) is 0 Å². The van der Waals surface area contributed by atoms with Crippen LogP contribution in [0.5, 0.6) is 0 Å². The second-order valence-corrected chi connectivity index (χ2v) is 7.03. The van der Waals surface area contributed by atoms with Crippen LogP contribution in [0.3, 0.4) is 0 Å². The van der Waals surface area contributed by atoms with Crippen LogP contribution in [-0.4, -0.2) is 9.20 Å². The normalized spacial score (nSPS) is 13.8. The van der Waals surface area contributed by atoms with Crippen LogP contribution >= 0.6 is 0 Å². The first-order valence-corrected chi connectivity index (χ1v) is 12.0. The summed E-state index contributed by atoms with van der Waals surface area (Å²) in [6, 6.07) is 19.1. The van der Waals surface area contributed by atoms with Gasteiger partial charge < -0.3 is 0 Å². The quantitative estimate of drug-likeness (QED) is 0.400. The fourth-order valence-corrected chi connectivity index (χ4v) is 3.72. The molecule has 0 N–H and O–H groups in total. The summed E-state index contributed by atoms with van der Waals surface area (Å²) in [6.45, 7) is 3.57. The smallest absolute Gasteiger partial charge is 0.0512 e. The molecule has 0 spiro atoms. The van der Waals surface area contributed by atoms with Crippen molar-refractivity contribution in [2.45, 2.75) is 51.4 Å². The SMILES string of the molecule is C=Cc1ccccn1.[CH2]=[Zr+2].c1cc2c([cH-]1)CCCC2.c1cc2c([cH-]1)CCCC2. The fourth-order valence-electron chi connectivity index (χ4n) is 3.72. The van der Waals surface area contributed by atoms with Gasteiger partial charge in [-0.15, -0.1) is 0 Å². The Morgan fingerprint density at radius 1 is 0.786 bits per heavy atom. The van der Waals surface area contributed by atoms with Gasteiger partial charge in [-0.05, 0) is 18.2 Å². The van der Waals surface area contributed by atoms with Gasteiger partial charge in [0.05, 0.1) is 5.69 Å². The Balaban J connectivity index is 0.000000144. The minimum absolute atomic E-state index is 0.924. The van der Waals surface area contributed by atoms with E-state index >= 15 is 0 Å². The first-order valence-electron chi connectivity index (χ1n) is 10.2. The largest absolute Gasteiger partial charge is 0.210 e. The molecule has 0 bridgehead atoms. The zero-order chi connectivity index (χ0) is 20.0. The molecule has 2 aliphatic rings. The van der Waals surface area contributed by atoms with Gasteiger partial charge in [-0.3, -0.25) is 4.98 Å². The third kappa shape index (κ3) is 7.40. The Bertz CT molecular complexity index is 709. The first-order chi connectivity index (χ1) is 13.9. The molecule has 1 aromatic heterocycles. The predicted molar refractivity (Wildman–Crippen MR) is 119 cm³/mol. The van der Waals surface area contributed by atoms with Crippen molar-refractivity contribution in [3.63, 3.8) is 0 Å². The molecular weight excluding hydrogens is 418 g/mol. The minimum atomic E-state index is 0.924. The molecule has 0 radical (unpaired) electrons. The molecule has 0 saturated carbocycles. The van der Waals surface area contributed by atoms with Gasteiger partial charge in [-0.1, -0.05) is 64.0 Å². The number of hydrogen-bond donors (Lipinski definition) is 0. The van der Waals surface area contributed by atoms with Gasteiger partial charge in [0.2, 0.25) is 0 Å². The number of aromatic nitrogens is 1. The van der Waals surface area contributed by atoms with Gasteiger partial charge in [0.1, 0.15) is 0 Å². The van der Waals surface area contributed by atoms with E-state index in [1.54, 1.807) is 34.5 Å². The fraction of sp³-hybridized carbons (Fsp3) is 0.308. The molecule has 2 aliphatic carbocycles. The summed E-state index contributed by atoms with van der Waals surface area (Å²) in [5.74, 6) is 0. The molecule has 144 valence electrons. The van der Waals surface area contributed by atoms with Crippen molar-refractivity contribution in [1.82, 2.24) is 4.98 Å². The average molecular weight is 449 g/mol. The summed E-state index contributed by atoms with van der Waals surface area (Å²) >= 11 is 1.30. The average Bonchev–Trinajstić information content (AvgIpc) is 3.46. The molecule has 0 unspecified atom stereocenters. The van der Waals surface area contributed by atoms with Crippen molar-refractivity contribution in [3.8, 4) is 0 Å². The standard InChI is InChI=1S/2C9H11.C7H7N.CH2.Zr/c2*1-2-5-9-7-3-6-8(9)4-1;1-2-7-5-3-4-6-8-7;;/h2*3,6-7H,1-2,4-5H2;2-6H,1H2;1H2;/q2*-1;;;+2. The summed E-state index contributed by atoms with van der Waals surface area (Å²) in [5, 5.41) is 0. The summed E-state index contributed by atoms with van der Waals surface area (Å²) in [7, 11) is 0. The van der Waals surface area contributed by atoms with E-state index < -0.39 is 0 Å². The molecule has 0 atom stereocenters. The maximum Gasteiger partial charge on any atom is -0.0512 e. The molecule has 5 rings (SSSR count). The van der Waals surface area contributed by atoms with Crippen molar-refractivity contribution < 1.29 is 24.2 Å². The van der Waals surface area contributed by atoms with Gasteiger partial charge in [0, 0.05) is 6.20 Å². The number of aryl methyl sites for hydroxylation is 4. The van der Waals surface area contributed by atoms with Crippen LogP contribution in [0, 0.1) is 0 Å². The van der Waals surface area contributed by atoms with Gasteiger partial charge in [0.15, 0.2) is 0 Å². The minimum Gasteiger partial charge on any atom is -0.210 e. The van der Waals surface area contributed by atoms with Crippen molar-refractivity contribution in [3.05, 3.63) is 95.3 Å². The van der Waals surface area contributed by atoms with Crippen LogP contribution in [0.15, 0.2) is 67.4 Å². The third-order valence-electron chi connectivity index (χ3n) is 5.20. The Labute approximate surface area is 185 Å². The summed E-state index contributed by atoms with van der Waals surface area (Å²) < 4.78 is 3.34. The van der Waals surface area contributed by atoms with Crippen LogP contribution in [0.25, 0.3) is 6.08 Å². The number of pyridine rings is 1. The molecule has 28 heavy (non-hydrogen) atoms. The second kappa shape index (κ2) is 13.5. The van der Waals surface area contributed by atoms with E-state index in [2.05, 4.69) is 52.2 Å². The van der Waals surface area contributed by atoms with Gasteiger partial charge in [-0.25, -0.2) is 12.1 Å². The van der Waals surface area contributed by atoms with Crippen molar-refractivity contribution in [2.24, 2.45) is 0 Å². The van der Waals surface area contributed by atoms with Crippen LogP contribution < -0.4 is 0 Å². The second-order valence-electron chi connectivity index (χ2n) is 7.03. The number of rotatable bonds is 1. The topological polar surface area (TPSA) is 12.9 Å². The van der Waals surface area contributed by atoms with E-state index in [4.69, 9.17) is 0 Å². The van der Waals surface area contributed by atoms with Crippen LogP contribution in [0.2, 0.25) is 0 Å². The molecular formula is C26H31NZr. The van der Waals surface area contributed by atoms with Crippen molar-refractivity contribution in [1.29, 1.82) is 0 Å². The molecule has 2 heteroatoms. The van der Waals surface area contributed by atoms with E-state index in [0.717, 1.165) is 5.69 Å². The Morgan fingerprint density at radius 2 is 1.32 bits per heavy atom. The number of hydrogen-bond acceptors (Lipinski definition) is 1. The maximum atomic E-state index is 3.98. The number of nitrogens with zero attached hydrogens (tertiary/aromatic N) is 1. The molecule has 0 aliphatic heterocycles.